The minimum Gasteiger partial charge on any atom is -0.382 e. The van der Waals surface area contributed by atoms with Gasteiger partial charge in [-0.2, -0.15) is 5.10 Å². The third-order valence-electron chi connectivity index (χ3n) is 3.72. The van der Waals surface area contributed by atoms with Crippen LogP contribution in [0.2, 0.25) is 0 Å². The molecule has 0 aromatic rings. The number of carbonyl (C=O) groups excluding carboxylic acids is 2. The second-order valence-corrected chi connectivity index (χ2v) is 5.04. The minimum atomic E-state index is -0.0500. The fourth-order valence-electron chi connectivity index (χ4n) is 2.57. The summed E-state index contributed by atoms with van der Waals surface area (Å²) in [6, 6.07) is 0. The lowest BCUT2D eigenvalue weighted by molar-refractivity contribution is -0.125. The number of nitrogens with two attached hydrogens (primary N) is 1. The van der Waals surface area contributed by atoms with Crippen molar-refractivity contribution in [3.8, 4) is 0 Å². The van der Waals surface area contributed by atoms with Crippen molar-refractivity contribution in [3.05, 3.63) is 23.8 Å². The first-order valence-electron chi connectivity index (χ1n) is 7.16. The van der Waals surface area contributed by atoms with Crippen molar-refractivity contribution < 1.29 is 9.59 Å². The molecule has 1 atom stereocenters. The van der Waals surface area contributed by atoms with E-state index in [1.54, 1.807) is 11.9 Å². The predicted octanol–water partition coefficient (Wildman–Crippen LogP) is 0.808. The Morgan fingerprint density at radius 3 is 2.81 bits per heavy atom. The van der Waals surface area contributed by atoms with Gasteiger partial charge < -0.3 is 16.1 Å². The topological polar surface area (TPSA) is 87.8 Å². The van der Waals surface area contributed by atoms with Crippen molar-refractivity contribution in [1.29, 1.82) is 0 Å². The van der Waals surface area contributed by atoms with Crippen molar-refractivity contribution in [1.82, 2.24) is 10.3 Å². The SMILES string of the molecule is C=CC(=O)N1CC[C@H](CC(=C(/C=O)CC)/C(N)=N\NC)C1. The van der Waals surface area contributed by atoms with Crippen molar-refractivity contribution >= 4 is 18.0 Å². The Hall–Kier alpha value is -2.11. The van der Waals surface area contributed by atoms with Gasteiger partial charge in [-0.1, -0.05) is 13.5 Å². The van der Waals surface area contributed by atoms with E-state index in [-0.39, 0.29) is 11.8 Å². The number of likely N-dealkylation sites (tertiary alicyclic amines) is 1. The molecule has 0 unspecified atom stereocenters. The highest BCUT2D eigenvalue weighted by atomic mass is 16.2. The van der Waals surface area contributed by atoms with Gasteiger partial charge in [0.15, 0.2) is 0 Å². The highest BCUT2D eigenvalue weighted by Crippen LogP contribution is 2.25. The number of nitrogens with zero attached hydrogens (tertiary/aromatic N) is 2. The molecular formula is C15H24N4O2. The molecule has 0 aliphatic carbocycles. The van der Waals surface area contributed by atoms with E-state index in [0.717, 1.165) is 18.3 Å². The molecule has 0 aromatic heterocycles. The van der Waals surface area contributed by atoms with E-state index < -0.39 is 0 Å². The Balaban J connectivity index is 2.87. The zero-order valence-corrected chi connectivity index (χ0v) is 12.8. The lowest BCUT2D eigenvalue weighted by Crippen LogP contribution is -2.27. The lowest BCUT2D eigenvalue weighted by Gasteiger charge is -2.16. The van der Waals surface area contributed by atoms with Crippen molar-refractivity contribution in [2.75, 3.05) is 20.1 Å². The average Bonchev–Trinajstić information content (AvgIpc) is 2.95. The second-order valence-electron chi connectivity index (χ2n) is 5.04. The van der Waals surface area contributed by atoms with Crippen LogP contribution in [0.5, 0.6) is 0 Å². The molecule has 1 heterocycles. The first kappa shape index (κ1) is 16.9. The summed E-state index contributed by atoms with van der Waals surface area (Å²) in [5.41, 5.74) is 10.0. The average molecular weight is 292 g/mol. The molecule has 1 aliphatic rings. The molecule has 0 bridgehead atoms. The monoisotopic (exact) mass is 292 g/mol. The van der Waals surface area contributed by atoms with Crippen LogP contribution in [0.15, 0.2) is 28.9 Å². The van der Waals surface area contributed by atoms with E-state index in [1.165, 1.54) is 6.08 Å². The molecule has 1 fully saturated rings. The van der Waals surface area contributed by atoms with Crippen molar-refractivity contribution in [2.24, 2.45) is 16.8 Å². The molecule has 6 heteroatoms. The number of hydrogen-bond acceptors (Lipinski definition) is 4. The van der Waals surface area contributed by atoms with Gasteiger partial charge in [0.05, 0.1) is 0 Å². The Kier molecular flexibility index (Phi) is 6.65. The molecule has 0 saturated carbocycles. The summed E-state index contributed by atoms with van der Waals surface area (Å²) in [4.78, 5) is 24.6. The van der Waals surface area contributed by atoms with Crippen LogP contribution in [-0.4, -0.2) is 43.1 Å². The molecule has 116 valence electrons. The normalized spacial score (nSPS) is 20.0. The number of amidine groups is 1. The summed E-state index contributed by atoms with van der Waals surface area (Å²) in [7, 11) is 1.66. The van der Waals surface area contributed by atoms with E-state index in [0.29, 0.717) is 37.3 Å². The first-order valence-corrected chi connectivity index (χ1v) is 7.16. The number of hydrogen-bond donors (Lipinski definition) is 2. The number of aldehydes is 1. The fraction of sp³-hybridized carbons (Fsp3) is 0.533. The van der Waals surface area contributed by atoms with Gasteiger partial charge in [-0.3, -0.25) is 9.59 Å². The molecule has 21 heavy (non-hydrogen) atoms. The smallest absolute Gasteiger partial charge is 0.245 e. The van der Waals surface area contributed by atoms with Gasteiger partial charge in [0.25, 0.3) is 0 Å². The molecule has 1 amide bonds. The van der Waals surface area contributed by atoms with Gasteiger partial charge in [-0.15, -0.1) is 0 Å². The zero-order chi connectivity index (χ0) is 15.8. The summed E-state index contributed by atoms with van der Waals surface area (Å²) >= 11 is 0. The van der Waals surface area contributed by atoms with Crippen LogP contribution in [0, 0.1) is 5.92 Å². The Morgan fingerprint density at radius 2 is 2.29 bits per heavy atom. The molecule has 1 rings (SSSR count). The minimum absolute atomic E-state index is 0.0500. The molecule has 0 aromatic carbocycles. The Labute approximate surface area is 125 Å². The second kappa shape index (κ2) is 8.24. The summed E-state index contributed by atoms with van der Waals surface area (Å²) in [5, 5.41) is 3.99. The van der Waals surface area contributed by atoms with Gasteiger partial charge in [0.2, 0.25) is 5.91 Å². The summed E-state index contributed by atoms with van der Waals surface area (Å²) in [6.07, 6.45) is 4.33. The number of carbonyl (C=O) groups is 2. The molecule has 6 nitrogen and oxygen atoms in total. The fourth-order valence-corrected chi connectivity index (χ4v) is 2.57. The van der Waals surface area contributed by atoms with Crippen LogP contribution < -0.4 is 11.2 Å². The summed E-state index contributed by atoms with van der Waals surface area (Å²) in [5.74, 6) is 0.581. The largest absolute Gasteiger partial charge is 0.382 e. The molecule has 1 aliphatic heterocycles. The maximum absolute atomic E-state index is 11.6. The van der Waals surface area contributed by atoms with Gasteiger partial charge in [0.1, 0.15) is 12.1 Å². The number of hydrazone groups is 1. The van der Waals surface area contributed by atoms with Crippen LogP contribution in [0.4, 0.5) is 0 Å². The van der Waals surface area contributed by atoms with Gasteiger partial charge in [-0.25, -0.2) is 0 Å². The van der Waals surface area contributed by atoms with E-state index >= 15 is 0 Å². The van der Waals surface area contributed by atoms with Gasteiger partial charge >= 0.3 is 0 Å². The summed E-state index contributed by atoms with van der Waals surface area (Å²) < 4.78 is 0. The van der Waals surface area contributed by atoms with Crippen LogP contribution in [0.1, 0.15) is 26.2 Å². The van der Waals surface area contributed by atoms with E-state index in [4.69, 9.17) is 5.73 Å². The van der Waals surface area contributed by atoms with Gasteiger partial charge in [0, 0.05) is 25.7 Å². The van der Waals surface area contributed by atoms with Crippen LogP contribution in [0.25, 0.3) is 0 Å². The predicted molar refractivity (Wildman–Crippen MR) is 83.6 cm³/mol. The Morgan fingerprint density at radius 1 is 1.57 bits per heavy atom. The molecule has 1 saturated heterocycles. The van der Waals surface area contributed by atoms with E-state index in [1.807, 2.05) is 6.92 Å². The highest BCUT2D eigenvalue weighted by molar-refractivity contribution is 6.01. The standard InChI is InChI=1S/C15H24N4O2/c1-4-12(10-20)13(15(16)18-17-3)8-11-6-7-19(9-11)14(21)5-2/h5,10-11,17H,2,4,6-9H2,1,3H3,(H2,16,18)/b13-12-/t11-/m1/s1. The van der Waals surface area contributed by atoms with Crippen LogP contribution >= 0.6 is 0 Å². The quantitative estimate of drug-likeness (QED) is 0.239. The number of allylic oxidation sites excluding steroid dienone is 1. The van der Waals surface area contributed by atoms with Crippen molar-refractivity contribution in [2.45, 2.75) is 26.2 Å². The van der Waals surface area contributed by atoms with E-state index in [9.17, 15) is 9.59 Å². The van der Waals surface area contributed by atoms with Crippen LogP contribution in [-0.2, 0) is 9.59 Å². The number of amides is 1. The Bertz CT molecular complexity index is 468. The molecule has 3 N–H and O–H groups in total. The maximum Gasteiger partial charge on any atom is 0.245 e. The first-order chi connectivity index (χ1) is 10.1. The third-order valence-corrected chi connectivity index (χ3v) is 3.72. The van der Waals surface area contributed by atoms with Crippen LogP contribution in [0.3, 0.4) is 0 Å². The molecule has 0 radical (unpaired) electrons. The number of nitrogens with one attached hydrogen (secondary N) is 1. The maximum atomic E-state index is 11.6. The molecular weight excluding hydrogens is 268 g/mol. The molecule has 0 spiro atoms. The number of rotatable bonds is 7. The lowest BCUT2D eigenvalue weighted by atomic mass is 9.93. The third kappa shape index (κ3) is 4.44. The van der Waals surface area contributed by atoms with Gasteiger partial charge in [-0.05, 0) is 36.8 Å². The van der Waals surface area contributed by atoms with Crippen molar-refractivity contribution in [3.63, 3.8) is 0 Å². The van der Waals surface area contributed by atoms with E-state index in [2.05, 4.69) is 17.1 Å². The highest BCUT2D eigenvalue weighted by Gasteiger charge is 2.27. The zero-order valence-electron chi connectivity index (χ0n) is 12.8. The summed E-state index contributed by atoms with van der Waals surface area (Å²) in [6.45, 7) is 6.80.